The van der Waals surface area contributed by atoms with Gasteiger partial charge < -0.3 is 5.32 Å². The summed E-state index contributed by atoms with van der Waals surface area (Å²) in [4.78, 5) is 15.5. The van der Waals surface area contributed by atoms with Crippen molar-refractivity contribution >= 4 is 5.78 Å². The SMILES string of the molecule is O=C1CCNCC1CCc1ccncc1. The molecule has 0 saturated carbocycles. The molecule has 0 aliphatic carbocycles. The molecule has 0 amide bonds. The Balaban J connectivity index is 1.85. The maximum atomic E-state index is 11.6. The molecule has 1 aliphatic rings. The van der Waals surface area contributed by atoms with Crippen LogP contribution < -0.4 is 5.32 Å². The van der Waals surface area contributed by atoms with Crippen molar-refractivity contribution in [1.29, 1.82) is 0 Å². The van der Waals surface area contributed by atoms with Crippen molar-refractivity contribution in [3.63, 3.8) is 0 Å². The molecule has 1 unspecified atom stereocenters. The van der Waals surface area contributed by atoms with E-state index in [4.69, 9.17) is 0 Å². The van der Waals surface area contributed by atoms with E-state index in [1.807, 2.05) is 12.1 Å². The summed E-state index contributed by atoms with van der Waals surface area (Å²) in [6, 6.07) is 4.03. The zero-order chi connectivity index (χ0) is 10.5. The van der Waals surface area contributed by atoms with Gasteiger partial charge in [0.05, 0.1) is 0 Å². The van der Waals surface area contributed by atoms with Crippen LogP contribution in [-0.4, -0.2) is 23.9 Å². The highest BCUT2D eigenvalue weighted by molar-refractivity contribution is 5.82. The molecule has 0 radical (unpaired) electrons. The number of ketones is 1. The van der Waals surface area contributed by atoms with Crippen LogP contribution in [0.1, 0.15) is 18.4 Å². The molecular weight excluding hydrogens is 188 g/mol. The largest absolute Gasteiger partial charge is 0.316 e. The molecular formula is C12H16N2O. The van der Waals surface area contributed by atoms with Crippen molar-refractivity contribution in [3.8, 4) is 0 Å². The molecule has 15 heavy (non-hydrogen) atoms. The summed E-state index contributed by atoms with van der Waals surface area (Å²) in [5.41, 5.74) is 1.27. The standard InChI is InChI=1S/C12H16N2O/c15-12-5-8-14-9-11(12)2-1-10-3-6-13-7-4-10/h3-4,6-7,11,14H,1-2,5,8-9H2. The van der Waals surface area contributed by atoms with Crippen LogP contribution in [0.15, 0.2) is 24.5 Å². The molecule has 1 fully saturated rings. The lowest BCUT2D eigenvalue weighted by molar-refractivity contribution is -0.124. The Kier molecular flexibility index (Phi) is 3.45. The summed E-state index contributed by atoms with van der Waals surface area (Å²) in [5.74, 6) is 0.634. The third-order valence-corrected chi connectivity index (χ3v) is 2.93. The summed E-state index contributed by atoms with van der Waals surface area (Å²) >= 11 is 0. The Morgan fingerprint density at radius 1 is 1.40 bits per heavy atom. The van der Waals surface area contributed by atoms with Crippen LogP contribution in [0.25, 0.3) is 0 Å². The van der Waals surface area contributed by atoms with Gasteiger partial charge in [0, 0.05) is 37.8 Å². The quantitative estimate of drug-likeness (QED) is 0.804. The second-order valence-corrected chi connectivity index (χ2v) is 4.01. The smallest absolute Gasteiger partial charge is 0.138 e. The molecule has 3 heteroatoms. The molecule has 0 aromatic carbocycles. The van der Waals surface area contributed by atoms with E-state index in [9.17, 15) is 4.79 Å². The fourth-order valence-corrected chi connectivity index (χ4v) is 1.96. The molecule has 1 saturated heterocycles. The third kappa shape index (κ3) is 2.86. The van der Waals surface area contributed by atoms with Crippen LogP contribution in [-0.2, 0) is 11.2 Å². The number of carbonyl (C=O) groups is 1. The summed E-state index contributed by atoms with van der Waals surface area (Å²) in [5, 5.41) is 3.27. The minimum atomic E-state index is 0.215. The van der Waals surface area contributed by atoms with Crippen LogP contribution in [0, 0.1) is 5.92 Å². The van der Waals surface area contributed by atoms with Gasteiger partial charge in [-0.15, -0.1) is 0 Å². The van der Waals surface area contributed by atoms with Crippen molar-refractivity contribution in [2.45, 2.75) is 19.3 Å². The highest BCUT2D eigenvalue weighted by Gasteiger charge is 2.21. The van der Waals surface area contributed by atoms with Crippen molar-refractivity contribution in [2.75, 3.05) is 13.1 Å². The summed E-state index contributed by atoms with van der Waals surface area (Å²) < 4.78 is 0. The first-order chi connectivity index (χ1) is 7.36. The Morgan fingerprint density at radius 2 is 2.20 bits per heavy atom. The van der Waals surface area contributed by atoms with Gasteiger partial charge in [-0.2, -0.15) is 0 Å². The van der Waals surface area contributed by atoms with Gasteiger partial charge in [-0.1, -0.05) is 0 Å². The van der Waals surface area contributed by atoms with E-state index in [1.165, 1.54) is 5.56 Å². The van der Waals surface area contributed by atoms with Crippen LogP contribution >= 0.6 is 0 Å². The second-order valence-electron chi connectivity index (χ2n) is 4.01. The van der Waals surface area contributed by atoms with E-state index < -0.39 is 0 Å². The number of Topliss-reactive ketones (excluding diaryl/α,β-unsaturated/α-hetero) is 1. The molecule has 2 rings (SSSR count). The van der Waals surface area contributed by atoms with E-state index in [0.717, 1.165) is 25.9 Å². The van der Waals surface area contributed by atoms with Gasteiger partial charge in [-0.05, 0) is 30.5 Å². The highest BCUT2D eigenvalue weighted by Crippen LogP contribution is 2.13. The molecule has 0 bridgehead atoms. The summed E-state index contributed by atoms with van der Waals surface area (Å²) in [7, 11) is 0. The molecule has 1 aromatic heterocycles. The number of nitrogens with one attached hydrogen (secondary N) is 1. The number of hydrogen-bond acceptors (Lipinski definition) is 3. The fraction of sp³-hybridized carbons (Fsp3) is 0.500. The van der Waals surface area contributed by atoms with Crippen LogP contribution in [0.5, 0.6) is 0 Å². The number of aromatic nitrogens is 1. The fourth-order valence-electron chi connectivity index (χ4n) is 1.96. The van der Waals surface area contributed by atoms with Gasteiger partial charge in [0.1, 0.15) is 5.78 Å². The normalized spacial score (nSPS) is 21.6. The van der Waals surface area contributed by atoms with Gasteiger partial charge >= 0.3 is 0 Å². The maximum Gasteiger partial charge on any atom is 0.138 e. The summed E-state index contributed by atoms with van der Waals surface area (Å²) in [6.45, 7) is 1.70. The number of carbonyl (C=O) groups excluding carboxylic acids is 1. The summed E-state index contributed by atoms with van der Waals surface area (Å²) in [6.07, 6.45) is 6.23. The van der Waals surface area contributed by atoms with Gasteiger partial charge in [-0.25, -0.2) is 0 Å². The second kappa shape index (κ2) is 5.03. The maximum absolute atomic E-state index is 11.6. The van der Waals surface area contributed by atoms with Crippen molar-refractivity contribution in [3.05, 3.63) is 30.1 Å². The molecule has 1 atom stereocenters. The van der Waals surface area contributed by atoms with Gasteiger partial charge in [0.15, 0.2) is 0 Å². The zero-order valence-electron chi connectivity index (χ0n) is 8.78. The average molecular weight is 204 g/mol. The number of hydrogen-bond donors (Lipinski definition) is 1. The van der Waals surface area contributed by atoms with Gasteiger partial charge in [0.2, 0.25) is 0 Å². The van der Waals surface area contributed by atoms with E-state index in [1.54, 1.807) is 12.4 Å². The monoisotopic (exact) mass is 204 g/mol. The predicted molar refractivity (Wildman–Crippen MR) is 58.5 cm³/mol. The highest BCUT2D eigenvalue weighted by atomic mass is 16.1. The number of pyridine rings is 1. The van der Waals surface area contributed by atoms with Crippen LogP contribution in [0.3, 0.4) is 0 Å². The molecule has 80 valence electrons. The molecule has 1 N–H and O–H groups in total. The Bertz CT molecular complexity index is 324. The Labute approximate surface area is 89.9 Å². The third-order valence-electron chi connectivity index (χ3n) is 2.93. The van der Waals surface area contributed by atoms with Gasteiger partial charge in [0.25, 0.3) is 0 Å². The van der Waals surface area contributed by atoms with E-state index in [-0.39, 0.29) is 5.92 Å². The molecule has 0 spiro atoms. The molecule has 2 heterocycles. The van der Waals surface area contributed by atoms with E-state index in [0.29, 0.717) is 12.2 Å². The van der Waals surface area contributed by atoms with Crippen LogP contribution in [0.4, 0.5) is 0 Å². The first kappa shape index (κ1) is 10.3. The molecule has 3 nitrogen and oxygen atoms in total. The van der Waals surface area contributed by atoms with Crippen molar-refractivity contribution in [2.24, 2.45) is 5.92 Å². The lowest BCUT2D eigenvalue weighted by Crippen LogP contribution is -2.37. The van der Waals surface area contributed by atoms with E-state index >= 15 is 0 Å². The molecule has 1 aromatic rings. The first-order valence-corrected chi connectivity index (χ1v) is 5.48. The van der Waals surface area contributed by atoms with Crippen molar-refractivity contribution in [1.82, 2.24) is 10.3 Å². The number of aryl methyl sites for hydroxylation is 1. The number of rotatable bonds is 3. The Morgan fingerprint density at radius 3 is 2.93 bits per heavy atom. The van der Waals surface area contributed by atoms with Crippen LogP contribution in [0.2, 0.25) is 0 Å². The Hall–Kier alpha value is -1.22. The van der Waals surface area contributed by atoms with E-state index in [2.05, 4.69) is 10.3 Å². The average Bonchev–Trinajstić information content (AvgIpc) is 2.29. The number of nitrogens with zero attached hydrogens (tertiary/aromatic N) is 1. The lowest BCUT2D eigenvalue weighted by atomic mass is 9.92. The lowest BCUT2D eigenvalue weighted by Gasteiger charge is -2.21. The predicted octanol–water partition coefficient (Wildman–Crippen LogP) is 1.19. The van der Waals surface area contributed by atoms with Gasteiger partial charge in [-0.3, -0.25) is 9.78 Å². The molecule has 1 aliphatic heterocycles. The minimum Gasteiger partial charge on any atom is -0.316 e. The zero-order valence-corrected chi connectivity index (χ0v) is 8.78. The first-order valence-electron chi connectivity index (χ1n) is 5.48. The topological polar surface area (TPSA) is 42.0 Å². The number of piperidine rings is 1. The minimum absolute atomic E-state index is 0.215. The van der Waals surface area contributed by atoms with Crippen molar-refractivity contribution < 1.29 is 4.79 Å².